The lowest BCUT2D eigenvalue weighted by Gasteiger charge is -2.11. The number of anilines is 1. The number of carbonyl (C=O) groups is 1. The Kier molecular flexibility index (Phi) is 3.18. The summed E-state index contributed by atoms with van der Waals surface area (Å²) in [6.45, 7) is 0. The van der Waals surface area contributed by atoms with Crippen molar-refractivity contribution in [3.63, 3.8) is 0 Å². The monoisotopic (exact) mass is 288 g/mol. The maximum absolute atomic E-state index is 12.0. The molecule has 0 atom stereocenters. The smallest absolute Gasteiger partial charge is 0.277 e. The van der Waals surface area contributed by atoms with Gasteiger partial charge in [-0.2, -0.15) is 20.5 Å². The molecule has 0 spiro atoms. The lowest BCUT2D eigenvalue weighted by atomic mass is 10.2. The molecule has 0 bridgehead atoms. The number of hydrogen-bond donors (Lipinski definition) is 2. The molecule has 0 aliphatic carbocycles. The second-order valence-electron chi connectivity index (χ2n) is 3.90. The summed E-state index contributed by atoms with van der Waals surface area (Å²) in [6, 6.07) is 6.98. The first-order chi connectivity index (χ1) is 9.75. The summed E-state index contributed by atoms with van der Waals surface area (Å²) in [6.07, 6.45) is 4.72. The molecule has 1 amide bonds. The first kappa shape index (κ1) is 12.4. The molecule has 1 aromatic carbocycles. The Labute approximate surface area is 118 Å². The summed E-state index contributed by atoms with van der Waals surface area (Å²) < 4.78 is 1.58. The number of amides is 1. The van der Waals surface area contributed by atoms with Gasteiger partial charge < -0.3 is 5.32 Å². The molecule has 0 fully saturated rings. The molecule has 0 radical (unpaired) electrons. The molecule has 0 saturated heterocycles. The fraction of sp³-hybridized carbons (Fsp3) is 0. The fourth-order valence-corrected chi connectivity index (χ4v) is 2.01. The zero-order valence-electron chi connectivity index (χ0n) is 10.1. The SMILES string of the molecule is O=C(Nc1cccc(Cl)c1-n1cccn1)c1cn[nH]n1. The van der Waals surface area contributed by atoms with E-state index in [4.69, 9.17) is 11.6 Å². The molecule has 0 unspecified atom stereocenters. The van der Waals surface area contributed by atoms with E-state index in [-0.39, 0.29) is 11.6 Å². The third-order valence-electron chi connectivity index (χ3n) is 2.62. The van der Waals surface area contributed by atoms with E-state index in [0.717, 1.165) is 0 Å². The highest BCUT2D eigenvalue weighted by molar-refractivity contribution is 6.33. The van der Waals surface area contributed by atoms with Gasteiger partial charge in [-0.15, -0.1) is 0 Å². The molecule has 3 aromatic rings. The van der Waals surface area contributed by atoms with E-state index in [1.807, 2.05) is 0 Å². The highest BCUT2D eigenvalue weighted by atomic mass is 35.5. The van der Waals surface area contributed by atoms with Gasteiger partial charge in [0.15, 0.2) is 5.69 Å². The number of aromatic nitrogens is 5. The van der Waals surface area contributed by atoms with Gasteiger partial charge in [0.1, 0.15) is 5.69 Å². The van der Waals surface area contributed by atoms with Crippen LogP contribution >= 0.6 is 11.6 Å². The van der Waals surface area contributed by atoms with E-state index in [1.54, 1.807) is 41.3 Å². The summed E-state index contributed by atoms with van der Waals surface area (Å²) >= 11 is 6.18. The van der Waals surface area contributed by atoms with E-state index in [9.17, 15) is 4.79 Å². The van der Waals surface area contributed by atoms with Crippen LogP contribution in [0.4, 0.5) is 5.69 Å². The minimum absolute atomic E-state index is 0.191. The Morgan fingerprint density at radius 3 is 2.95 bits per heavy atom. The first-order valence-corrected chi connectivity index (χ1v) is 6.09. The van der Waals surface area contributed by atoms with Gasteiger partial charge in [0.2, 0.25) is 0 Å². The Morgan fingerprint density at radius 1 is 1.35 bits per heavy atom. The van der Waals surface area contributed by atoms with Crippen molar-refractivity contribution in [2.45, 2.75) is 0 Å². The predicted octanol–water partition coefficient (Wildman–Crippen LogP) is 1.90. The lowest BCUT2D eigenvalue weighted by Crippen LogP contribution is -2.14. The average molecular weight is 289 g/mol. The summed E-state index contributed by atoms with van der Waals surface area (Å²) in [5.74, 6) is -0.380. The molecule has 3 rings (SSSR count). The number of nitrogens with one attached hydrogen (secondary N) is 2. The third-order valence-corrected chi connectivity index (χ3v) is 2.92. The summed E-state index contributed by atoms with van der Waals surface area (Å²) in [4.78, 5) is 12.0. The topological polar surface area (TPSA) is 88.5 Å². The number of benzene rings is 1. The van der Waals surface area contributed by atoms with Crippen molar-refractivity contribution in [2.75, 3.05) is 5.32 Å². The number of halogens is 1. The van der Waals surface area contributed by atoms with Gasteiger partial charge in [0.25, 0.3) is 5.91 Å². The Morgan fingerprint density at radius 2 is 2.25 bits per heavy atom. The molecule has 8 heteroatoms. The van der Waals surface area contributed by atoms with Crippen LogP contribution in [0.15, 0.2) is 42.9 Å². The zero-order chi connectivity index (χ0) is 13.9. The molecular formula is C12H9ClN6O. The summed E-state index contributed by atoms with van der Waals surface area (Å²) in [7, 11) is 0. The number of aromatic amines is 1. The Bertz CT molecular complexity index is 723. The van der Waals surface area contributed by atoms with Gasteiger partial charge in [-0.05, 0) is 18.2 Å². The van der Waals surface area contributed by atoms with E-state index in [1.165, 1.54) is 6.20 Å². The van der Waals surface area contributed by atoms with Crippen LogP contribution in [0.25, 0.3) is 5.69 Å². The largest absolute Gasteiger partial charge is 0.319 e. The fourth-order valence-electron chi connectivity index (χ4n) is 1.75. The number of nitrogens with zero attached hydrogens (tertiary/aromatic N) is 4. The van der Waals surface area contributed by atoms with Crippen LogP contribution in [0.2, 0.25) is 5.02 Å². The maximum Gasteiger partial charge on any atom is 0.277 e. The van der Waals surface area contributed by atoms with E-state index in [2.05, 4.69) is 25.8 Å². The van der Waals surface area contributed by atoms with Crippen LogP contribution in [0.3, 0.4) is 0 Å². The van der Waals surface area contributed by atoms with Crippen molar-refractivity contribution in [3.8, 4) is 5.69 Å². The second kappa shape index (κ2) is 5.14. The van der Waals surface area contributed by atoms with E-state index < -0.39 is 0 Å². The molecule has 2 heterocycles. The second-order valence-corrected chi connectivity index (χ2v) is 4.30. The molecule has 2 aromatic heterocycles. The molecule has 20 heavy (non-hydrogen) atoms. The van der Waals surface area contributed by atoms with Crippen LogP contribution in [-0.4, -0.2) is 31.1 Å². The quantitative estimate of drug-likeness (QED) is 0.770. The third kappa shape index (κ3) is 2.26. The normalized spacial score (nSPS) is 10.4. The first-order valence-electron chi connectivity index (χ1n) is 5.71. The number of hydrogen-bond acceptors (Lipinski definition) is 4. The van der Waals surface area contributed by atoms with Gasteiger partial charge in [0.05, 0.1) is 16.9 Å². The highest BCUT2D eigenvalue weighted by Crippen LogP contribution is 2.28. The number of H-pyrrole nitrogens is 1. The van der Waals surface area contributed by atoms with Crippen molar-refractivity contribution in [1.82, 2.24) is 25.2 Å². The number of carbonyl (C=O) groups excluding carboxylic acids is 1. The minimum Gasteiger partial charge on any atom is -0.319 e. The summed E-state index contributed by atoms with van der Waals surface area (Å²) in [5, 5.41) is 17.0. The van der Waals surface area contributed by atoms with Crippen molar-refractivity contribution in [1.29, 1.82) is 0 Å². The molecule has 0 aliphatic rings. The Hall–Kier alpha value is -2.67. The van der Waals surface area contributed by atoms with Crippen LogP contribution < -0.4 is 5.32 Å². The van der Waals surface area contributed by atoms with Crippen LogP contribution in [-0.2, 0) is 0 Å². The van der Waals surface area contributed by atoms with Crippen molar-refractivity contribution < 1.29 is 4.79 Å². The van der Waals surface area contributed by atoms with Crippen LogP contribution in [0.5, 0.6) is 0 Å². The molecule has 2 N–H and O–H groups in total. The number of rotatable bonds is 3. The van der Waals surface area contributed by atoms with Gasteiger partial charge in [-0.25, -0.2) is 4.68 Å². The maximum atomic E-state index is 12.0. The predicted molar refractivity (Wildman–Crippen MR) is 72.9 cm³/mol. The van der Waals surface area contributed by atoms with Crippen LogP contribution in [0.1, 0.15) is 10.5 Å². The van der Waals surface area contributed by atoms with Crippen molar-refractivity contribution in [2.24, 2.45) is 0 Å². The standard InChI is InChI=1S/C12H9ClN6O/c13-8-3-1-4-9(11(8)19-6-2-5-15-19)16-12(20)10-7-14-18-17-10/h1-7H,(H,16,20)(H,14,17,18). The molecule has 100 valence electrons. The van der Waals surface area contributed by atoms with Gasteiger partial charge in [-0.1, -0.05) is 17.7 Å². The molecule has 7 nitrogen and oxygen atoms in total. The Balaban J connectivity index is 1.98. The molecular weight excluding hydrogens is 280 g/mol. The molecule has 0 aliphatic heterocycles. The number of para-hydroxylation sites is 1. The minimum atomic E-state index is -0.380. The van der Waals surface area contributed by atoms with E-state index in [0.29, 0.717) is 16.4 Å². The van der Waals surface area contributed by atoms with Gasteiger partial charge in [0, 0.05) is 12.4 Å². The highest BCUT2D eigenvalue weighted by Gasteiger charge is 2.14. The zero-order valence-corrected chi connectivity index (χ0v) is 10.9. The van der Waals surface area contributed by atoms with Crippen molar-refractivity contribution >= 4 is 23.2 Å². The van der Waals surface area contributed by atoms with E-state index >= 15 is 0 Å². The average Bonchev–Trinajstić information content (AvgIpc) is 3.12. The van der Waals surface area contributed by atoms with Gasteiger partial charge >= 0.3 is 0 Å². The van der Waals surface area contributed by atoms with Gasteiger partial charge in [-0.3, -0.25) is 4.79 Å². The molecule has 0 saturated carbocycles. The lowest BCUT2D eigenvalue weighted by molar-refractivity contribution is 0.102. The summed E-state index contributed by atoms with van der Waals surface area (Å²) in [5.41, 5.74) is 1.32. The van der Waals surface area contributed by atoms with Crippen LogP contribution in [0, 0.1) is 0 Å². The van der Waals surface area contributed by atoms with Crippen molar-refractivity contribution in [3.05, 3.63) is 53.6 Å².